The van der Waals surface area contributed by atoms with Crippen molar-refractivity contribution < 1.29 is 0 Å². The molecule has 2 aromatic rings. The summed E-state index contributed by atoms with van der Waals surface area (Å²) in [7, 11) is 2.20. The average Bonchev–Trinajstić information content (AvgIpc) is 2.97. The normalized spacial score (nSPS) is 16.5. The first-order chi connectivity index (χ1) is 10.6. The Morgan fingerprint density at radius 2 is 1.82 bits per heavy atom. The lowest BCUT2D eigenvalue weighted by Gasteiger charge is -2.35. The maximum atomic E-state index is 4.51. The van der Waals surface area contributed by atoms with Crippen LogP contribution in [0.1, 0.15) is 31.2 Å². The zero-order chi connectivity index (χ0) is 15.5. The summed E-state index contributed by atoms with van der Waals surface area (Å²) in [4.78, 5) is 9.42. The molecule has 1 aliphatic rings. The van der Waals surface area contributed by atoms with E-state index in [1.54, 1.807) is 0 Å². The highest BCUT2D eigenvalue weighted by Gasteiger charge is 2.17. The number of piperazine rings is 1. The van der Waals surface area contributed by atoms with Crippen LogP contribution < -0.4 is 4.90 Å². The zero-order valence-corrected chi connectivity index (χ0v) is 13.9. The Balaban J connectivity index is 1.84. The molecule has 22 heavy (non-hydrogen) atoms. The molecule has 0 saturated carbocycles. The molecule has 1 aromatic heterocycles. The van der Waals surface area contributed by atoms with E-state index in [9.17, 15) is 0 Å². The Bertz CT molecular complexity index is 609. The second kappa shape index (κ2) is 6.53. The second-order valence-corrected chi connectivity index (χ2v) is 6.49. The first-order valence-corrected chi connectivity index (χ1v) is 8.17. The van der Waals surface area contributed by atoms with Gasteiger partial charge in [0, 0.05) is 50.2 Å². The molecule has 1 fully saturated rings. The molecule has 0 aliphatic carbocycles. The van der Waals surface area contributed by atoms with E-state index in [-0.39, 0.29) is 0 Å². The molecule has 1 saturated heterocycles. The molecule has 0 atom stereocenters. The molecule has 0 unspecified atom stereocenters. The average molecular weight is 298 g/mol. The lowest BCUT2D eigenvalue weighted by Crippen LogP contribution is -2.44. The van der Waals surface area contributed by atoms with Crippen LogP contribution in [0, 0.1) is 0 Å². The van der Waals surface area contributed by atoms with Crippen molar-refractivity contribution in [3.63, 3.8) is 0 Å². The number of nitrogens with zero attached hydrogens (tertiary/aromatic N) is 4. The van der Waals surface area contributed by atoms with Crippen molar-refractivity contribution in [1.82, 2.24) is 14.5 Å². The molecule has 3 rings (SSSR count). The minimum absolute atomic E-state index is 0.450. The Morgan fingerprint density at radius 1 is 1.09 bits per heavy atom. The van der Waals surface area contributed by atoms with Crippen LogP contribution in [0.4, 0.5) is 5.69 Å². The maximum absolute atomic E-state index is 4.51. The number of rotatable bonds is 4. The molecular formula is C18H26N4. The number of anilines is 1. The van der Waals surface area contributed by atoms with Gasteiger partial charge in [-0.3, -0.25) is 0 Å². The van der Waals surface area contributed by atoms with Gasteiger partial charge in [-0.05, 0) is 18.7 Å². The monoisotopic (exact) mass is 298 g/mol. The van der Waals surface area contributed by atoms with Crippen LogP contribution in [0.25, 0.3) is 0 Å². The third-order valence-electron chi connectivity index (χ3n) is 4.44. The minimum Gasteiger partial charge on any atom is -0.369 e. The van der Waals surface area contributed by atoms with Crippen molar-refractivity contribution >= 4 is 5.69 Å². The first kappa shape index (κ1) is 15.1. The van der Waals surface area contributed by atoms with E-state index in [2.05, 4.69) is 70.7 Å². The third-order valence-corrected chi connectivity index (χ3v) is 4.44. The fourth-order valence-electron chi connectivity index (χ4n) is 3.14. The van der Waals surface area contributed by atoms with Gasteiger partial charge in [-0.1, -0.05) is 32.0 Å². The van der Waals surface area contributed by atoms with Crippen molar-refractivity contribution in [2.45, 2.75) is 26.3 Å². The van der Waals surface area contributed by atoms with Crippen LogP contribution in [-0.2, 0) is 6.54 Å². The van der Waals surface area contributed by atoms with Gasteiger partial charge in [-0.15, -0.1) is 0 Å². The van der Waals surface area contributed by atoms with Crippen molar-refractivity contribution in [3.8, 4) is 0 Å². The summed E-state index contributed by atoms with van der Waals surface area (Å²) >= 11 is 0. The Kier molecular flexibility index (Phi) is 4.48. The van der Waals surface area contributed by atoms with Crippen LogP contribution in [0.2, 0.25) is 0 Å². The highest BCUT2D eigenvalue weighted by Crippen LogP contribution is 2.24. The molecule has 0 bridgehead atoms. The quantitative estimate of drug-likeness (QED) is 0.867. The van der Waals surface area contributed by atoms with Gasteiger partial charge in [-0.2, -0.15) is 0 Å². The lowest BCUT2D eigenvalue weighted by molar-refractivity contribution is 0.312. The van der Waals surface area contributed by atoms with Crippen LogP contribution in [0.5, 0.6) is 0 Å². The molecule has 4 nitrogen and oxygen atoms in total. The third kappa shape index (κ3) is 3.17. The molecular weight excluding hydrogens is 272 g/mol. The predicted octanol–water partition coefficient (Wildman–Crippen LogP) is 2.81. The molecule has 1 aliphatic heterocycles. The number of hydrogen-bond acceptors (Lipinski definition) is 3. The zero-order valence-electron chi connectivity index (χ0n) is 13.9. The van der Waals surface area contributed by atoms with Gasteiger partial charge in [-0.25, -0.2) is 4.98 Å². The Labute approximate surface area is 133 Å². The topological polar surface area (TPSA) is 24.3 Å². The summed E-state index contributed by atoms with van der Waals surface area (Å²) in [5, 5.41) is 0. The van der Waals surface area contributed by atoms with Crippen molar-refractivity contribution in [2.75, 3.05) is 38.1 Å². The first-order valence-electron chi connectivity index (χ1n) is 8.17. The number of para-hydroxylation sites is 1. The van der Waals surface area contributed by atoms with Gasteiger partial charge in [0.25, 0.3) is 0 Å². The fraction of sp³-hybridized carbons (Fsp3) is 0.500. The van der Waals surface area contributed by atoms with E-state index in [1.807, 2.05) is 6.20 Å². The Hall–Kier alpha value is -1.81. The number of hydrogen-bond donors (Lipinski definition) is 0. The van der Waals surface area contributed by atoms with Crippen LogP contribution in [0.15, 0.2) is 36.7 Å². The number of benzene rings is 1. The molecule has 1 aromatic carbocycles. The van der Waals surface area contributed by atoms with Crippen molar-refractivity contribution in [1.29, 1.82) is 0 Å². The van der Waals surface area contributed by atoms with Gasteiger partial charge in [0.05, 0.1) is 6.54 Å². The van der Waals surface area contributed by atoms with Gasteiger partial charge in [0.1, 0.15) is 5.82 Å². The standard InChI is InChI=1S/C18H26N4/c1-15(2)18-19-8-9-22(18)14-16-6-4-5-7-17(16)21-12-10-20(3)11-13-21/h4-9,15H,10-14H2,1-3H3. The second-order valence-electron chi connectivity index (χ2n) is 6.49. The summed E-state index contributed by atoms with van der Waals surface area (Å²) in [6, 6.07) is 8.79. The van der Waals surface area contributed by atoms with Crippen LogP contribution in [0.3, 0.4) is 0 Å². The van der Waals surface area contributed by atoms with Crippen LogP contribution in [-0.4, -0.2) is 47.7 Å². The van der Waals surface area contributed by atoms with E-state index >= 15 is 0 Å². The van der Waals surface area contributed by atoms with Crippen molar-refractivity contribution in [2.24, 2.45) is 0 Å². The highest BCUT2D eigenvalue weighted by molar-refractivity contribution is 5.54. The van der Waals surface area contributed by atoms with Crippen LogP contribution >= 0.6 is 0 Å². The molecule has 4 heteroatoms. The summed E-state index contributed by atoms with van der Waals surface area (Å²) in [5.41, 5.74) is 2.76. The number of aromatic nitrogens is 2. The smallest absolute Gasteiger partial charge is 0.111 e. The molecule has 0 spiro atoms. The fourth-order valence-corrected chi connectivity index (χ4v) is 3.14. The summed E-state index contributed by atoms with van der Waals surface area (Å²) in [6.07, 6.45) is 4.00. The lowest BCUT2D eigenvalue weighted by atomic mass is 10.1. The van der Waals surface area contributed by atoms with E-state index in [4.69, 9.17) is 0 Å². The number of likely N-dealkylation sites (N-methyl/N-ethyl adjacent to an activating group) is 1. The van der Waals surface area contributed by atoms with E-state index in [0.717, 1.165) is 38.5 Å². The highest BCUT2D eigenvalue weighted by atomic mass is 15.2. The summed E-state index contributed by atoms with van der Waals surface area (Å²) in [5.74, 6) is 1.61. The summed E-state index contributed by atoms with van der Waals surface area (Å²) in [6.45, 7) is 9.78. The van der Waals surface area contributed by atoms with Crippen molar-refractivity contribution in [3.05, 3.63) is 48.0 Å². The van der Waals surface area contributed by atoms with Gasteiger partial charge in [0.2, 0.25) is 0 Å². The SMILES string of the molecule is CC(C)c1nccn1Cc1ccccc1N1CCN(C)CC1. The summed E-state index contributed by atoms with van der Waals surface area (Å²) < 4.78 is 2.28. The van der Waals surface area contributed by atoms with E-state index in [0.29, 0.717) is 5.92 Å². The molecule has 0 amide bonds. The van der Waals surface area contributed by atoms with E-state index in [1.165, 1.54) is 11.3 Å². The molecule has 0 radical (unpaired) electrons. The van der Waals surface area contributed by atoms with Gasteiger partial charge in [0.15, 0.2) is 0 Å². The molecule has 2 heterocycles. The van der Waals surface area contributed by atoms with Gasteiger partial charge >= 0.3 is 0 Å². The molecule has 0 N–H and O–H groups in total. The predicted molar refractivity (Wildman–Crippen MR) is 91.6 cm³/mol. The Morgan fingerprint density at radius 3 is 2.55 bits per heavy atom. The molecule has 118 valence electrons. The minimum atomic E-state index is 0.450. The van der Waals surface area contributed by atoms with Gasteiger partial charge < -0.3 is 14.4 Å². The van der Waals surface area contributed by atoms with E-state index < -0.39 is 0 Å². The maximum Gasteiger partial charge on any atom is 0.111 e. The number of imidazole rings is 1. The largest absolute Gasteiger partial charge is 0.369 e.